The summed E-state index contributed by atoms with van der Waals surface area (Å²) in [5.74, 6) is 0. The van der Waals surface area contributed by atoms with E-state index in [4.69, 9.17) is 15.7 Å². The quantitative estimate of drug-likeness (QED) is 0.469. The number of hydrogen-bond acceptors (Lipinski definition) is 1. The lowest BCUT2D eigenvalue weighted by Gasteiger charge is -2.08. The Morgan fingerprint density at radius 2 is 1.52 bits per heavy atom. The fraction of sp³-hybridized carbons (Fsp3) is 0. The van der Waals surface area contributed by atoms with Gasteiger partial charge in [0.25, 0.3) is 0 Å². The minimum Gasteiger partial charge on any atom is -0.135 e. The molecule has 3 heteroatoms. The Morgan fingerprint density at radius 3 is 2.38 bits per heavy atom. The maximum Gasteiger partial charge on any atom is 0.114 e. The zero-order valence-corrected chi connectivity index (χ0v) is 12.2. The second-order valence-corrected chi connectivity index (χ2v) is 6.24. The molecule has 3 aromatic carbocycles. The first-order valence-electron chi connectivity index (χ1n) is 6.79. The lowest BCUT2D eigenvalue weighted by molar-refractivity contribution is 1.72. The maximum absolute atomic E-state index is 6.11. The summed E-state index contributed by atoms with van der Waals surface area (Å²) in [7, 11) is 11.9. The van der Waals surface area contributed by atoms with E-state index in [1.807, 2.05) is 29.5 Å². The van der Waals surface area contributed by atoms with Crippen molar-refractivity contribution in [2.75, 3.05) is 0 Å². The average Bonchev–Trinajstić information content (AvgIpc) is 2.85. The molecular formula is C18H10B2S. The minimum absolute atomic E-state index is 0.693. The molecule has 94 valence electrons. The van der Waals surface area contributed by atoms with Gasteiger partial charge in [0.1, 0.15) is 15.7 Å². The maximum atomic E-state index is 6.11. The summed E-state index contributed by atoms with van der Waals surface area (Å²) in [4.78, 5) is 0. The van der Waals surface area contributed by atoms with Crippen LogP contribution in [0.1, 0.15) is 0 Å². The van der Waals surface area contributed by atoms with Gasteiger partial charge >= 0.3 is 0 Å². The van der Waals surface area contributed by atoms with Gasteiger partial charge in [-0.05, 0) is 29.3 Å². The molecule has 0 amide bonds. The number of benzene rings is 3. The van der Waals surface area contributed by atoms with Crippen molar-refractivity contribution in [2.45, 2.75) is 0 Å². The highest BCUT2D eigenvalue weighted by Crippen LogP contribution is 2.35. The summed E-state index contributed by atoms with van der Waals surface area (Å²) in [5, 5.41) is 2.58. The van der Waals surface area contributed by atoms with Crippen LogP contribution >= 0.6 is 11.3 Å². The predicted molar refractivity (Wildman–Crippen MR) is 95.5 cm³/mol. The Bertz CT molecular complexity index is 969. The standard InChI is InChI=1S/C18H10B2S/c19-12-6-7-13(16(20)10-12)11-5-8-18-15(9-11)14-3-1-2-4-17(14)21-18/h1-10H. The number of rotatable bonds is 1. The largest absolute Gasteiger partial charge is 0.135 e. The second kappa shape index (κ2) is 4.78. The van der Waals surface area contributed by atoms with Crippen LogP contribution in [-0.2, 0) is 0 Å². The van der Waals surface area contributed by atoms with E-state index in [-0.39, 0.29) is 0 Å². The molecule has 0 unspecified atom stereocenters. The minimum atomic E-state index is 0.693. The summed E-state index contributed by atoms with van der Waals surface area (Å²) >= 11 is 1.82. The lowest BCUT2D eigenvalue weighted by Crippen LogP contribution is -2.15. The molecule has 0 aliphatic rings. The van der Waals surface area contributed by atoms with Crippen LogP contribution in [0, 0.1) is 0 Å². The van der Waals surface area contributed by atoms with Crippen LogP contribution in [-0.4, -0.2) is 15.7 Å². The Morgan fingerprint density at radius 1 is 0.714 bits per heavy atom. The van der Waals surface area contributed by atoms with Crippen molar-refractivity contribution < 1.29 is 0 Å². The molecule has 0 spiro atoms. The van der Waals surface area contributed by atoms with E-state index in [0.29, 0.717) is 10.9 Å². The third-order valence-corrected chi connectivity index (χ3v) is 4.92. The van der Waals surface area contributed by atoms with Crippen LogP contribution < -0.4 is 10.9 Å². The van der Waals surface area contributed by atoms with Gasteiger partial charge in [-0.25, -0.2) is 0 Å². The van der Waals surface area contributed by atoms with Gasteiger partial charge in [-0.2, -0.15) is 0 Å². The zero-order valence-electron chi connectivity index (χ0n) is 11.3. The number of fused-ring (bicyclic) bond motifs is 3. The van der Waals surface area contributed by atoms with Crippen LogP contribution in [0.4, 0.5) is 0 Å². The summed E-state index contributed by atoms with van der Waals surface area (Å²) in [6, 6.07) is 20.7. The fourth-order valence-corrected chi connectivity index (χ4v) is 3.82. The first kappa shape index (κ1) is 12.7. The van der Waals surface area contributed by atoms with Crippen molar-refractivity contribution in [3.05, 3.63) is 60.7 Å². The van der Waals surface area contributed by atoms with Crippen molar-refractivity contribution in [1.29, 1.82) is 0 Å². The molecule has 21 heavy (non-hydrogen) atoms. The van der Waals surface area contributed by atoms with Gasteiger partial charge in [0.15, 0.2) is 0 Å². The summed E-state index contributed by atoms with van der Waals surface area (Å²) < 4.78 is 2.61. The van der Waals surface area contributed by atoms with Gasteiger partial charge in [-0.1, -0.05) is 53.4 Å². The smallest absolute Gasteiger partial charge is 0.114 e. The molecule has 0 nitrogen and oxygen atoms in total. The van der Waals surface area contributed by atoms with Crippen molar-refractivity contribution in [1.82, 2.24) is 0 Å². The van der Waals surface area contributed by atoms with Crippen molar-refractivity contribution >= 4 is 58.1 Å². The van der Waals surface area contributed by atoms with E-state index >= 15 is 0 Å². The van der Waals surface area contributed by atoms with E-state index in [2.05, 4.69) is 42.5 Å². The number of thiophene rings is 1. The molecule has 0 saturated heterocycles. The van der Waals surface area contributed by atoms with Gasteiger partial charge in [-0.15, -0.1) is 11.3 Å². The van der Waals surface area contributed by atoms with Crippen LogP contribution in [0.2, 0.25) is 0 Å². The molecule has 0 aliphatic carbocycles. The molecule has 0 saturated carbocycles. The molecule has 0 N–H and O–H groups in total. The highest BCUT2D eigenvalue weighted by Gasteiger charge is 2.07. The van der Waals surface area contributed by atoms with Crippen LogP contribution in [0.15, 0.2) is 60.7 Å². The zero-order chi connectivity index (χ0) is 14.4. The molecule has 4 rings (SSSR count). The fourth-order valence-electron chi connectivity index (χ4n) is 2.74. The topological polar surface area (TPSA) is 0 Å². The molecule has 0 aliphatic heterocycles. The van der Waals surface area contributed by atoms with Crippen LogP contribution in [0.25, 0.3) is 31.3 Å². The van der Waals surface area contributed by atoms with Gasteiger partial charge in [0.2, 0.25) is 0 Å². The van der Waals surface area contributed by atoms with E-state index in [1.165, 1.54) is 20.2 Å². The molecular weight excluding hydrogens is 270 g/mol. The third-order valence-electron chi connectivity index (χ3n) is 3.76. The first-order valence-corrected chi connectivity index (χ1v) is 7.61. The van der Waals surface area contributed by atoms with Crippen LogP contribution in [0.5, 0.6) is 0 Å². The highest BCUT2D eigenvalue weighted by atomic mass is 32.1. The summed E-state index contributed by atoms with van der Waals surface area (Å²) in [5.41, 5.74) is 3.57. The molecule has 0 fully saturated rings. The normalized spacial score (nSPS) is 11.2. The molecule has 0 atom stereocenters. The van der Waals surface area contributed by atoms with E-state index in [9.17, 15) is 0 Å². The average molecular weight is 280 g/mol. The monoisotopic (exact) mass is 280 g/mol. The summed E-state index contributed by atoms with van der Waals surface area (Å²) in [6.45, 7) is 0. The molecule has 1 aromatic heterocycles. The summed E-state index contributed by atoms with van der Waals surface area (Å²) in [6.07, 6.45) is 0. The second-order valence-electron chi connectivity index (χ2n) is 5.16. The Balaban J connectivity index is 1.99. The lowest BCUT2D eigenvalue weighted by atomic mass is 9.82. The van der Waals surface area contributed by atoms with E-state index < -0.39 is 0 Å². The first-order chi connectivity index (χ1) is 10.2. The van der Waals surface area contributed by atoms with Crippen LogP contribution in [0.3, 0.4) is 0 Å². The van der Waals surface area contributed by atoms with Gasteiger partial charge in [-0.3, -0.25) is 0 Å². The SMILES string of the molecule is [B]c1ccc(-c2ccc3sc4ccccc4c3c2)c([B])c1. The number of hydrogen-bond donors (Lipinski definition) is 0. The Labute approximate surface area is 130 Å². The van der Waals surface area contributed by atoms with Gasteiger partial charge in [0.05, 0.1) is 0 Å². The third kappa shape index (κ3) is 2.09. The molecule has 4 radical (unpaired) electrons. The predicted octanol–water partition coefficient (Wildman–Crippen LogP) is 3.31. The highest BCUT2D eigenvalue weighted by molar-refractivity contribution is 7.25. The van der Waals surface area contributed by atoms with E-state index in [1.54, 1.807) is 0 Å². The van der Waals surface area contributed by atoms with E-state index in [0.717, 1.165) is 11.1 Å². The molecule has 4 aromatic rings. The molecule has 1 heterocycles. The van der Waals surface area contributed by atoms with Gasteiger partial charge in [0, 0.05) is 20.2 Å². The van der Waals surface area contributed by atoms with Crippen molar-refractivity contribution in [3.8, 4) is 11.1 Å². The molecule has 0 bridgehead atoms. The Hall–Kier alpha value is -1.99. The van der Waals surface area contributed by atoms with Gasteiger partial charge < -0.3 is 0 Å². The van der Waals surface area contributed by atoms with Crippen molar-refractivity contribution in [2.24, 2.45) is 0 Å². The Kier molecular flexibility index (Phi) is 2.90. The van der Waals surface area contributed by atoms with Crippen molar-refractivity contribution in [3.63, 3.8) is 0 Å².